The van der Waals surface area contributed by atoms with Gasteiger partial charge in [0.15, 0.2) is 11.6 Å². The van der Waals surface area contributed by atoms with E-state index in [1.54, 1.807) is 0 Å². The van der Waals surface area contributed by atoms with Crippen molar-refractivity contribution in [3.8, 4) is 16.9 Å². The molecule has 1 N–H and O–H groups in total. The molecule has 198 valence electrons. The van der Waals surface area contributed by atoms with Gasteiger partial charge in [-0.25, -0.2) is 4.79 Å². The number of carbonyl (C=O) groups excluding carboxylic acids is 2. The summed E-state index contributed by atoms with van der Waals surface area (Å²) in [4.78, 5) is 51.5. The maximum atomic E-state index is 14.0. The number of aromatic nitrogens is 1. The molecule has 0 amide bonds. The lowest BCUT2D eigenvalue weighted by Crippen LogP contribution is -2.32. The minimum atomic E-state index is -3.08. The summed E-state index contributed by atoms with van der Waals surface area (Å²) in [5, 5.41) is 9.46. The van der Waals surface area contributed by atoms with Crippen molar-refractivity contribution in [2.75, 3.05) is 7.11 Å². The van der Waals surface area contributed by atoms with Gasteiger partial charge in [-0.15, -0.1) is 0 Å². The third-order valence-electron chi connectivity index (χ3n) is 5.86. The normalized spacial score (nSPS) is 14.5. The molecule has 1 atom stereocenters. The molecule has 0 aliphatic rings. The summed E-state index contributed by atoms with van der Waals surface area (Å²) in [5.41, 5.74) is -1.05. The number of pyridine rings is 1. The van der Waals surface area contributed by atoms with E-state index in [1.807, 2.05) is 0 Å². The molecule has 0 aliphatic carbocycles. The van der Waals surface area contributed by atoms with E-state index in [2.05, 4.69) is 0 Å². The molecule has 0 spiro atoms. The average molecular weight is 551 g/mol. The molecule has 1 heterocycles. The molecule has 0 saturated carbocycles. The highest BCUT2D eigenvalue weighted by Gasteiger charge is 2.25. The topological polar surface area (TPSA) is 103 Å². The van der Waals surface area contributed by atoms with E-state index in [0.717, 1.165) is 16.8 Å². The SMILES string of the molecule is [2H]c1c([2H])c([2H])c(C([2H])([2H])[C@@H](C(=O)Cc2ccc(C(=O)O)cc2)n2cc(OC)c(-c3cc(Cl)ccc3C(C)=O)cc2=O)c([2H])c1[2H]. The van der Waals surface area contributed by atoms with Gasteiger partial charge in [-0.1, -0.05) is 53.9 Å². The fourth-order valence-electron chi connectivity index (χ4n) is 3.98. The summed E-state index contributed by atoms with van der Waals surface area (Å²) >= 11 is 6.19. The van der Waals surface area contributed by atoms with E-state index in [1.165, 1.54) is 56.5 Å². The zero-order valence-corrected chi connectivity index (χ0v) is 21.6. The van der Waals surface area contributed by atoms with E-state index < -0.39 is 71.9 Å². The number of benzene rings is 3. The lowest BCUT2D eigenvalue weighted by Gasteiger charge is -2.21. The van der Waals surface area contributed by atoms with Crippen LogP contribution in [0.15, 0.2) is 89.7 Å². The number of carboxylic acids is 1. The fraction of sp³-hybridized carbons (Fsp3) is 0.161. The summed E-state index contributed by atoms with van der Waals surface area (Å²) < 4.78 is 65.3. The van der Waals surface area contributed by atoms with Crippen LogP contribution in [0.3, 0.4) is 0 Å². The Morgan fingerprint density at radius 1 is 1.03 bits per heavy atom. The second-order valence-corrected chi connectivity index (χ2v) is 8.88. The molecule has 0 aliphatic heterocycles. The highest BCUT2D eigenvalue weighted by atomic mass is 35.5. The summed E-state index contributed by atoms with van der Waals surface area (Å²) in [6.07, 6.45) is -2.56. The number of halogens is 1. The Bertz CT molecular complexity index is 1930. The van der Waals surface area contributed by atoms with Crippen LogP contribution in [0, 0.1) is 0 Å². The van der Waals surface area contributed by atoms with Gasteiger partial charge < -0.3 is 14.4 Å². The van der Waals surface area contributed by atoms with Crippen LogP contribution in [0.4, 0.5) is 0 Å². The third-order valence-corrected chi connectivity index (χ3v) is 6.09. The van der Waals surface area contributed by atoms with Crippen LogP contribution in [-0.2, 0) is 17.6 Å². The summed E-state index contributed by atoms with van der Waals surface area (Å²) in [6.45, 7) is 1.31. The van der Waals surface area contributed by atoms with Crippen molar-refractivity contribution in [1.82, 2.24) is 4.57 Å². The standard InChI is InChI=1S/C31H26ClNO6/c1-19(34)24-13-12-23(32)16-25(24)26-17-30(36)33(18-29(26)39-2)27(14-20-6-4-3-5-7-20)28(35)15-21-8-10-22(11-9-21)31(37)38/h3-13,16-18,27H,14-15H2,1-2H3,(H,37,38)/t27-/m0/s1/i3D,4D,5D,6D,7D,14D2. The Labute approximate surface area is 240 Å². The first-order valence-corrected chi connectivity index (χ1v) is 11.9. The van der Waals surface area contributed by atoms with Crippen molar-refractivity contribution >= 4 is 29.1 Å². The molecule has 0 bridgehead atoms. The number of ketones is 2. The average Bonchev–Trinajstić information content (AvgIpc) is 2.99. The van der Waals surface area contributed by atoms with Gasteiger partial charge in [0.1, 0.15) is 5.75 Å². The van der Waals surface area contributed by atoms with Gasteiger partial charge in [0.2, 0.25) is 0 Å². The van der Waals surface area contributed by atoms with Crippen molar-refractivity contribution in [2.45, 2.75) is 25.8 Å². The van der Waals surface area contributed by atoms with Crippen molar-refractivity contribution in [2.24, 2.45) is 0 Å². The number of hydrogen-bond donors (Lipinski definition) is 1. The van der Waals surface area contributed by atoms with Crippen molar-refractivity contribution in [3.63, 3.8) is 0 Å². The van der Waals surface area contributed by atoms with Gasteiger partial charge >= 0.3 is 5.97 Å². The van der Waals surface area contributed by atoms with Gasteiger partial charge in [-0.3, -0.25) is 14.4 Å². The second-order valence-electron chi connectivity index (χ2n) is 8.44. The maximum absolute atomic E-state index is 14.0. The van der Waals surface area contributed by atoms with Crippen molar-refractivity contribution in [3.05, 3.63) is 123 Å². The van der Waals surface area contributed by atoms with Crippen molar-refractivity contribution in [1.29, 1.82) is 0 Å². The zero-order chi connectivity index (χ0) is 34.2. The fourth-order valence-corrected chi connectivity index (χ4v) is 4.15. The van der Waals surface area contributed by atoms with Crippen LogP contribution in [0.5, 0.6) is 5.75 Å². The van der Waals surface area contributed by atoms with Gasteiger partial charge in [-0.2, -0.15) is 0 Å². The Kier molecular flexibility index (Phi) is 5.98. The van der Waals surface area contributed by atoms with Crippen LogP contribution in [0.25, 0.3) is 11.1 Å². The number of nitrogens with zero attached hydrogens (tertiary/aromatic N) is 1. The number of rotatable bonds is 10. The molecule has 39 heavy (non-hydrogen) atoms. The first-order valence-electron chi connectivity index (χ1n) is 15.0. The molecule has 8 heteroatoms. The first kappa shape index (κ1) is 19.6. The minimum Gasteiger partial charge on any atom is -0.495 e. The number of Topliss-reactive ketones (excluding diaryl/α,β-unsaturated/α-hetero) is 2. The highest BCUT2D eigenvalue weighted by molar-refractivity contribution is 6.31. The largest absolute Gasteiger partial charge is 0.495 e. The molecular weight excluding hydrogens is 518 g/mol. The summed E-state index contributed by atoms with van der Waals surface area (Å²) in [5.74, 6) is -2.56. The Hall–Kier alpha value is -4.49. The summed E-state index contributed by atoms with van der Waals surface area (Å²) in [6, 6.07) is 4.21. The lowest BCUT2D eigenvalue weighted by molar-refractivity contribution is -0.121. The first-order chi connectivity index (χ1) is 21.5. The number of ether oxygens (including phenoxy) is 1. The maximum Gasteiger partial charge on any atom is 0.335 e. The molecule has 7 nitrogen and oxygen atoms in total. The quantitative estimate of drug-likeness (QED) is 0.255. The third kappa shape index (κ3) is 6.33. The summed E-state index contributed by atoms with van der Waals surface area (Å²) in [7, 11) is 1.25. The predicted octanol–water partition coefficient (Wildman–Crippen LogP) is 5.67. The predicted molar refractivity (Wildman–Crippen MR) is 149 cm³/mol. The smallest absolute Gasteiger partial charge is 0.335 e. The number of aromatic carboxylic acids is 1. The monoisotopic (exact) mass is 550 g/mol. The molecular formula is C31H26ClNO6. The zero-order valence-electron chi connectivity index (χ0n) is 27.8. The molecule has 4 aromatic rings. The number of hydrogen-bond acceptors (Lipinski definition) is 5. The molecule has 0 radical (unpaired) electrons. The number of carbonyl (C=O) groups is 3. The Morgan fingerprint density at radius 3 is 2.33 bits per heavy atom. The van der Waals surface area contributed by atoms with Gasteiger partial charge in [0, 0.05) is 37.8 Å². The number of carboxylic acid groups (broad SMARTS) is 1. The van der Waals surface area contributed by atoms with Gasteiger partial charge in [0.25, 0.3) is 5.56 Å². The second kappa shape index (κ2) is 11.9. The molecule has 0 unspecified atom stereocenters. The molecule has 0 saturated heterocycles. The van der Waals surface area contributed by atoms with Gasteiger partial charge in [-0.05, 0) is 53.9 Å². The van der Waals surface area contributed by atoms with Crippen LogP contribution in [-0.4, -0.2) is 34.3 Å². The highest BCUT2D eigenvalue weighted by Crippen LogP contribution is 2.34. The van der Waals surface area contributed by atoms with E-state index >= 15 is 0 Å². The van der Waals surface area contributed by atoms with E-state index in [-0.39, 0.29) is 44.4 Å². The molecule has 4 rings (SSSR count). The molecule has 3 aromatic carbocycles. The van der Waals surface area contributed by atoms with Crippen molar-refractivity contribution < 1.29 is 33.8 Å². The van der Waals surface area contributed by atoms with Crippen LogP contribution < -0.4 is 10.3 Å². The van der Waals surface area contributed by atoms with Crippen LogP contribution >= 0.6 is 11.6 Å². The Balaban J connectivity index is 1.99. The minimum absolute atomic E-state index is 0.0650. The van der Waals surface area contributed by atoms with Gasteiger partial charge in [0.05, 0.1) is 31.8 Å². The molecule has 0 fully saturated rings. The van der Waals surface area contributed by atoms with Crippen LogP contribution in [0.1, 0.15) is 54.4 Å². The lowest BCUT2D eigenvalue weighted by atomic mass is 9.95. The van der Waals surface area contributed by atoms with E-state index in [9.17, 15) is 24.3 Å². The van der Waals surface area contributed by atoms with E-state index in [4.69, 9.17) is 25.9 Å². The molecule has 1 aromatic heterocycles. The van der Waals surface area contributed by atoms with Crippen LogP contribution in [0.2, 0.25) is 5.02 Å². The number of methoxy groups -OCH3 is 1. The Morgan fingerprint density at radius 2 is 1.72 bits per heavy atom. The van der Waals surface area contributed by atoms with E-state index in [0.29, 0.717) is 0 Å².